The van der Waals surface area contributed by atoms with Gasteiger partial charge in [-0.15, -0.1) is 0 Å². The van der Waals surface area contributed by atoms with Gasteiger partial charge in [-0.25, -0.2) is 0 Å². The van der Waals surface area contributed by atoms with Gasteiger partial charge in [0, 0.05) is 37.3 Å². The fraction of sp³-hybridized carbons (Fsp3) is 0.500. The number of carbonyl (C=O) groups excluding carboxylic acids is 1. The summed E-state index contributed by atoms with van der Waals surface area (Å²) in [5.41, 5.74) is 0.651. The molecule has 1 amide bonds. The van der Waals surface area contributed by atoms with Crippen molar-refractivity contribution in [1.29, 1.82) is 0 Å². The molecule has 0 aromatic heterocycles. The number of nitrogens with zero attached hydrogens (tertiary/aromatic N) is 1. The summed E-state index contributed by atoms with van der Waals surface area (Å²) in [5, 5.41) is 26.2. The molecule has 0 radical (unpaired) electrons. The Hall–Kier alpha value is -2.15. The lowest BCUT2D eigenvalue weighted by Gasteiger charge is -2.17. The maximum absolute atomic E-state index is 11.8. The molecule has 0 heterocycles. The number of nitrogens with one attached hydrogen (secondary N) is 2. The van der Waals surface area contributed by atoms with Gasteiger partial charge in [0.15, 0.2) is 0 Å². The zero-order valence-electron chi connectivity index (χ0n) is 11.8. The van der Waals surface area contributed by atoms with Crippen LogP contribution in [0.25, 0.3) is 0 Å². The molecule has 1 aromatic carbocycles. The van der Waals surface area contributed by atoms with E-state index in [1.807, 2.05) is 0 Å². The van der Waals surface area contributed by atoms with Crippen LogP contribution in [0, 0.1) is 16.0 Å². The SMILES string of the molecule is CNC(=O)c1cc([N+](=O)[O-])ccc1NC[C@@H]1CCC[C@@H]1O. The third-order valence-electron chi connectivity index (χ3n) is 3.86. The first-order chi connectivity index (χ1) is 10.0. The first kappa shape index (κ1) is 15.2. The number of non-ortho nitro benzene ring substituents is 1. The Bertz CT molecular complexity index is 547. The van der Waals surface area contributed by atoms with Gasteiger partial charge in [-0.1, -0.05) is 6.42 Å². The number of hydrogen-bond donors (Lipinski definition) is 3. The molecule has 0 saturated heterocycles. The highest BCUT2D eigenvalue weighted by atomic mass is 16.6. The summed E-state index contributed by atoms with van der Waals surface area (Å²) in [6.45, 7) is 0.545. The number of aliphatic hydroxyl groups excluding tert-OH is 1. The van der Waals surface area contributed by atoms with Crippen molar-refractivity contribution in [1.82, 2.24) is 5.32 Å². The zero-order chi connectivity index (χ0) is 15.4. The molecule has 3 N–H and O–H groups in total. The van der Waals surface area contributed by atoms with Crippen molar-refractivity contribution in [3.63, 3.8) is 0 Å². The van der Waals surface area contributed by atoms with E-state index >= 15 is 0 Å². The molecule has 1 fully saturated rings. The van der Waals surface area contributed by atoms with Crippen LogP contribution in [0.3, 0.4) is 0 Å². The minimum Gasteiger partial charge on any atom is -0.393 e. The highest BCUT2D eigenvalue weighted by molar-refractivity contribution is 6.00. The van der Waals surface area contributed by atoms with Gasteiger partial charge >= 0.3 is 0 Å². The molecule has 0 bridgehead atoms. The van der Waals surface area contributed by atoms with E-state index in [1.165, 1.54) is 25.2 Å². The predicted molar refractivity (Wildman–Crippen MR) is 78.3 cm³/mol. The maximum Gasteiger partial charge on any atom is 0.270 e. The molecule has 0 spiro atoms. The lowest BCUT2D eigenvalue weighted by molar-refractivity contribution is -0.384. The molecule has 0 aliphatic heterocycles. The van der Waals surface area contributed by atoms with Crippen LogP contribution >= 0.6 is 0 Å². The fourth-order valence-corrected chi connectivity index (χ4v) is 2.62. The van der Waals surface area contributed by atoms with E-state index in [1.54, 1.807) is 0 Å². The number of nitro groups is 1. The Balaban J connectivity index is 2.17. The summed E-state index contributed by atoms with van der Waals surface area (Å²) in [5.74, 6) is -0.231. The van der Waals surface area contributed by atoms with Crippen molar-refractivity contribution in [2.45, 2.75) is 25.4 Å². The molecular weight excluding hydrogens is 274 g/mol. The number of anilines is 1. The van der Waals surface area contributed by atoms with Gasteiger partial charge in [0.1, 0.15) is 0 Å². The van der Waals surface area contributed by atoms with E-state index in [2.05, 4.69) is 10.6 Å². The van der Waals surface area contributed by atoms with Gasteiger partial charge < -0.3 is 15.7 Å². The second-order valence-corrected chi connectivity index (χ2v) is 5.21. The van der Waals surface area contributed by atoms with Gasteiger partial charge in [0.2, 0.25) is 0 Å². The standard InChI is InChI=1S/C14H19N3O4/c1-15-14(19)11-7-10(17(20)21)5-6-12(11)16-8-9-3-2-4-13(9)18/h5-7,9,13,16,18H,2-4,8H2,1H3,(H,15,19)/t9-,13-/m0/s1. The van der Waals surface area contributed by atoms with E-state index in [0.29, 0.717) is 12.2 Å². The summed E-state index contributed by atoms with van der Waals surface area (Å²) >= 11 is 0. The molecule has 1 aromatic rings. The second-order valence-electron chi connectivity index (χ2n) is 5.21. The molecule has 2 rings (SSSR count). The third kappa shape index (κ3) is 3.49. The minimum absolute atomic E-state index is 0.125. The molecular formula is C14H19N3O4. The Morgan fingerprint density at radius 1 is 1.48 bits per heavy atom. The van der Waals surface area contributed by atoms with Crippen LogP contribution in [-0.4, -0.2) is 35.6 Å². The molecule has 7 heteroatoms. The molecule has 21 heavy (non-hydrogen) atoms. The molecule has 2 atom stereocenters. The Labute approximate surface area is 122 Å². The molecule has 7 nitrogen and oxygen atoms in total. The number of hydrogen-bond acceptors (Lipinski definition) is 5. The first-order valence-corrected chi connectivity index (χ1v) is 6.95. The van der Waals surface area contributed by atoms with Crippen molar-refractivity contribution in [3.05, 3.63) is 33.9 Å². The summed E-state index contributed by atoms with van der Waals surface area (Å²) in [6, 6.07) is 4.15. The van der Waals surface area contributed by atoms with E-state index in [0.717, 1.165) is 19.3 Å². The summed E-state index contributed by atoms with van der Waals surface area (Å²) in [6.07, 6.45) is 2.42. The van der Waals surface area contributed by atoms with E-state index in [-0.39, 0.29) is 29.2 Å². The number of nitro benzene ring substituents is 1. The van der Waals surface area contributed by atoms with Crippen LogP contribution in [-0.2, 0) is 0 Å². The highest BCUT2D eigenvalue weighted by Gasteiger charge is 2.25. The monoisotopic (exact) mass is 293 g/mol. The average Bonchev–Trinajstić information content (AvgIpc) is 2.89. The molecule has 1 saturated carbocycles. The number of rotatable bonds is 5. The quantitative estimate of drug-likeness (QED) is 0.564. The van der Waals surface area contributed by atoms with Gasteiger partial charge in [0.05, 0.1) is 16.6 Å². The lowest BCUT2D eigenvalue weighted by atomic mass is 10.1. The minimum atomic E-state index is -0.531. The van der Waals surface area contributed by atoms with E-state index in [9.17, 15) is 20.0 Å². The molecule has 1 aliphatic carbocycles. The fourth-order valence-electron chi connectivity index (χ4n) is 2.62. The Morgan fingerprint density at radius 3 is 2.81 bits per heavy atom. The molecule has 0 unspecified atom stereocenters. The summed E-state index contributed by atoms with van der Waals surface area (Å²) in [7, 11) is 1.48. The highest BCUT2D eigenvalue weighted by Crippen LogP contribution is 2.27. The Morgan fingerprint density at radius 2 is 2.24 bits per heavy atom. The van der Waals surface area contributed by atoms with Gasteiger partial charge in [-0.05, 0) is 18.9 Å². The van der Waals surface area contributed by atoms with Crippen molar-refractivity contribution in [2.24, 2.45) is 5.92 Å². The molecule has 1 aliphatic rings. The zero-order valence-corrected chi connectivity index (χ0v) is 11.8. The lowest BCUT2D eigenvalue weighted by Crippen LogP contribution is -2.24. The van der Waals surface area contributed by atoms with E-state index < -0.39 is 4.92 Å². The topological polar surface area (TPSA) is 104 Å². The maximum atomic E-state index is 11.8. The number of benzene rings is 1. The van der Waals surface area contributed by atoms with Gasteiger partial charge in [-0.3, -0.25) is 14.9 Å². The van der Waals surface area contributed by atoms with Crippen LogP contribution in [0.1, 0.15) is 29.6 Å². The van der Waals surface area contributed by atoms with Crippen LogP contribution in [0.4, 0.5) is 11.4 Å². The van der Waals surface area contributed by atoms with Gasteiger partial charge in [0.25, 0.3) is 11.6 Å². The summed E-state index contributed by atoms with van der Waals surface area (Å²) < 4.78 is 0. The smallest absolute Gasteiger partial charge is 0.270 e. The van der Waals surface area contributed by atoms with Crippen molar-refractivity contribution < 1.29 is 14.8 Å². The number of aliphatic hydroxyl groups is 1. The largest absolute Gasteiger partial charge is 0.393 e. The predicted octanol–water partition coefficient (Wildman–Crippen LogP) is 1.53. The normalized spacial score (nSPS) is 21.0. The van der Waals surface area contributed by atoms with Crippen LogP contribution in [0.2, 0.25) is 0 Å². The van der Waals surface area contributed by atoms with E-state index in [4.69, 9.17) is 0 Å². The first-order valence-electron chi connectivity index (χ1n) is 6.95. The van der Waals surface area contributed by atoms with Crippen molar-refractivity contribution in [3.8, 4) is 0 Å². The average molecular weight is 293 g/mol. The van der Waals surface area contributed by atoms with Crippen molar-refractivity contribution in [2.75, 3.05) is 18.9 Å². The Kier molecular flexibility index (Phi) is 4.74. The summed E-state index contributed by atoms with van der Waals surface area (Å²) in [4.78, 5) is 22.1. The molecule has 114 valence electrons. The second kappa shape index (κ2) is 6.53. The van der Waals surface area contributed by atoms with Crippen LogP contribution < -0.4 is 10.6 Å². The number of carbonyl (C=O) groups is 1. The van der Waals surface area contributed by atoms with Crippen molar-refractivity contribution >= 4 is 17.3 Å². The van der Waals surface area contributed by atoms with Gasteiger partial charge in [-0.2, -0.15) is 0 Å². The third-order valence-corrected chi connectivity index (χ3v) is 3.86. The van der Waals surface area contributed by atoms with Crippen LogP contribution in [0.15, 0.2) is 18.2 Å². The number of amides is 1. The van der Waals surface area contributed by atoms with Crippen LogP contribution in [0.5, 0.6) is 0 Å².